The maximum atomic E-state index is 11.4. The zero-order valence-electron chi connectivity index (χ0n) is 8.38. The lowest BCUT2D eigenvalue weighted by Crippen LogP contribution is -1.99. The quantitative estimate of drug-likeness (QED) is 0.731. The van der Waals surface area contributed by atoms with Gasteiger partial charge in [0.15, 0.2) is 9.84 Å². The summed E-state index contributed by atoms with van der Waals surface area (Å²) in [5.74, 6) is 0. The van der Waals surface area contributed by atoms with Gasteiger partial charge in [0.1, 0.15) is 6.29 Å². The van der Waals surface area contributed by atoms with E-state index in [4.69, 9.17) is 0 Å². The average molecular weight is 224 g/mol. The molecule has 0 N–H and O–H groups in total. The van der Waals surface area contributed by atoms with E-state index in [0.29, 0.717) is 5.56 Å². The molecule has 4 heteroatoms. The van der Waals surface area contributed by atoms with E-state index in [0.717, 1.165) is 6.29 Å². The summed E-state index contributed by atoms with van der Waals surface area (Å²) in [5.41, 5.74) is 0.613. The van der Waals surface area contributed by atoms with Crippen LogP contribution in [-0.4, -0.2) is 21.0 Å². The average Bonchev–Trinajstić information content (AvgIpc) is 2.17. The predicted octanol–water partition coefficient (Wildman–Crippen LogP) is 1.69. The van der Waals surface area contributed by atoms with Gasteiger partial charge in [-0.25, -0.2) is 8.42 Å². The minimum Gasteiger partial charge on any atom is -0.303 e. The standard InChI is InChI=1S/C11H12O3S/c1-15(13,14)11-8-3-2-6-10(11)7-4-5-9-12/h2-4,6-9H,5H2,1H3. The van der Waals surface area contributed by atoms with Crippen molar-refractivity contribution in [3.8, 4) is 0 Å². The number of allylic oxidation sites excluding steroid dienone is 1. The third kappa shape index (κ3) is 3.32. The normalized spacial score (nSPS) is 11.8. The van der Waals surface area contributed by atoms with E-state index in [9.17, 15) is 13.2 Å². The summed E-state index contributed by atoms with van der Waals surface area (Å²) in [4.78, 5) is 10.4. The van der Waals surface area contributed by atoms with E-state index < -0.39 is 9.84 Å². The van der Waals surface area contributed by atoms with E-state index in [-0.39, 0.29) is 11.3 Å². The van der Waals surface area contributed by atoms with Crippen LogP contribution in [0.3, 0.4) is 0 Å². The highest BCUT2D eigenvalue weighted by Crippen LogP contribution is 2.16. The number of carbonyl (C=O) groups is 1. The van der Waals surface area contributed by atoms with Gasteiger partial charge in [0.2, 0.25) is 0 Å². The Bertz CT molecular complexity index is 472. The first-order chi connectivity index (χ1) is 7.05. The highest BCUT2D eigenvalue weighted by molar-refractivity contribution is 7.90. The number of sulfone groups is 1. The Morgan fingerprint density at radius 1 is 1.27 bits per heavy atom. The first-order valence-corrected chi connectivity index (χ1v) is 6.34. The Kier molecular flexibility index (Phi) is 3.80. The van der Waals surface area contributed by atoms with Gasteiger partial charge < -0.3 is 4.79 Å². The molecule has 0 spiro atoms. The van der Waals surface area contributed by atoms with Gasteiger partial charge >= 0.3 is 0 Å². The van der Waals surface area contributed by atoms with E-state index in [1.54, 1.807) is 36.4 Å². The summed E-state index contributed by atoms with van der Waals surface area (Å²) in [7, 11) is -3.21. The molecule has 1 aromatic rings. The van der Waals surface area contributed by atoms with Gasteiger partial charge in [-0.05, 0) is 11.6 Å². The number of carbonyl (C=O) groups excluding carboxylic acids is 1. The van der Waals surface area contributed by atoms with E-state index in [2.05, 4.69) is 0 Å². The van der Waals surface area contributed by atoms with Crippen molar-refractivity contribution in [1.82, 2.24) is 0 Å². The molecule has 1 aromatic carbocycles. The van der Waals surface area contributed by atoms with Crippen molar-refractivity contribution >= 4 is 22.2 Å². The highest BCUT2D eigenvalue weighted by Gasteiger charge is 2.09. The second kappa shape index (κ2) is 4.89. The van der Waals surface area contributed by atoms with Gasteiger partial charge in [0.05, 0.1) is 4.90 Å². The van der Waals surface area contributed by atoms with Crippen LogP contribution in [-0.2, 0) is 14.6 Å². The molecule has 3 nitrogen and oxygen atoms in total. The van der Waals surface area contributed by atoms with E-state index >= 15 is 0 Å². The molecular formula is C11H12O3S. The molecule has 0 saturated carbocycles. The molecule has 1 rings (SSSR count). The Morgan fingerprint density at radius 3 is 2.53 bits per heavy atom. The minimum atomic E-state index is -3.21. The molecule has 0 aliphatic heterocycles. The number of rotatable bonds is 4. The molecule has 0 atom stereocenters. The third-order valence-electron chi connectivity index (χ3n) is 1.85. The minimum absolute atomic E-state index is 0.284. The summed E-state index contributed by atoms with van der Waals surface area (Å²) < 4.78 is 22.8. The maximum Gasteiger partial charge on any atom is 0.176 e. The van der Waals surface area contributed by atoms with Crippen LogP contribution >= 0.6 is 0 Å². The molecule has 0 radical (unpaired) electrons. The lowest BCUT2D eigenvalue weighted by atomic mass is 10.2. The summed E-state index contributed by atoms with van der Waals surface area (Å²) in [5, 5.41) is 0. The Labute approximate surface area is 89.4 Å². The number of aldehydes is 1. The molecule has 0 aromatic heterocycles. The fourth-order valence-corrected chi connectivity index (χ4v) is 2.10. The van der Waals surface area contributed by atoms with Gasteiger partial charge in [-0.1, -0.05) is 30.4 Å². The Morgan fingerprint density at radius 2 is 1.93 bits per heavy atom. The maximum absolute atomic E-state index is 11.4. The van der Waals surface area contributed by atoms with Crippen LogP contribution < -0.4 is 0 Å². The van der Waals surface area contributed by atoms with Gasteiger partial charge in [-0.15, -0.1) is 0 Å². The molecule has 0 heterocycles. The van der Waals surface area contributed by atoms with Crippen molar-refractivity contribution in [3.63, 3.8) is 0 Å². The highest BCUT2D eigenvalue weighted by atomic mass is 32.2. The second-order valence-electron chi connectivity index (χ2n) is 3.11. The fourth-order valence-electron chi connectivity index (χ4n) is 1.21. The van der Waals surface area contributed by atoms with Crippen LogP contribution in [0.15, 0.2) is 35.2 Å². The van der Waals surface area contributed by atoms with E-state index in [1.807, 2.05) is 0 Å². The molecule has 0 unspecified atom stereocenters. The summed E-state index contributed by atoms with van der Waals surface area (Å²) in [6.07, 6.45) is 5.50. The summed E-state index contributed by atoms with van der Waals surface area (Å²) >= 11 is 0. The van der Waals surface area contributed by atoms with Crippen LogP contribution in [0, 0.1) is 0 Å². The molecule has 0 bridgehead atoms. The molecule has 0 aliphatic rings. The Balaban J connectivity index is 3.13. The van der Waals surface area contributed by atoms with Crippen LogP contribution in [0.2, 0.25) is 0 Å². The fraction of sp³-hybridized carbons (Fsp3) is 0.182. The largest absolute Gasteiger partial charge is 0.303 e. The van der Waals surface area contributed by atoms with Crippen LogP contribution in [0.5, 0.6) is 0 Å². The second-order valence-corrected chi connectivity index (χ2v) is 5.10. The third-order valence-corrected chi connectivity index (χ3v) is 3.02. The summed E-state index contributed by atoms with van der Waals surface area (Å²) in [6.45, 7) is 0. The molecule has 15 heavy (non-hydrogen) atoms. The first kappa shape index (κ1) is 11.7. The van der Waals surface area contributed by atoms with Gasteiger partial charge in [0.25, 0.3) is 0 Å². The molecule has 0 fully saturated rings. The van der Waals surface area contributed by atoms with Gasteiger partial charge in [0, 0.05) is 12.7 Å². The van der Waals surface area contributed by atoms with Crippen molar-refractivity contribution in [3.05, 3.63) is 35.9 Å². The first-order valence-electron chi connectivity index (χ1n) is 4.45. The topological polar surface area (TPSA) is 51.2 Å². The lowest BCUT2D eigenvalue weighted by molar-refractivity contribution is -0.107. The molecule has 0 amide bonds. The zero-order valence-corrected chi connectivity index (χ0v) is 9.20. The summed E-state index contributed by atoms with van der Waals surface area (Å²) in [6, 6.07) is 6.69. The van der Waals surface area contributed by atoms with E-state index in [1.165, 1.54) is 6.26 Å². The molecule has 0 aliphatic carbocycles. The van der Waals surface area contributed by atoms with Crippen LogP contribution in [0.4, 0.5) is 0 Å². The lowest BCUT2D eigenvalue weighted by Gasteiger charge is -2.02. The van der Waals surface area contributed by atoms with Crippen molar-refractivity contribution in [2.45, 2.75) is 11.3 Å². The molecule has 0 saturated heterocycles. The van der Waals surface area contributed by atoms with Gasteiger partial charge in [-0.2, -0.15) is 0 Å². The number of hydrogen-bond acceptors (Lipinski definition) is 3. The Hall–Kier alpha value is -1.42. The molecular weight excluding hydrogens is 212 g/mol. The smallest absolute Gasteiger partial charge is 0.176 e. The van der Waals surface area contributed by atoms with Crippen molar-refractivity contribution in [2.75, 3.05) is 6.26 Å². The predicted molar refractivity (Wildman–Crippen MR) is 59.3 cm³/mol. The van der Waals surface area contributed by atoms with Crippen molar-refractivity contribution < 1.29 is 13.2 Å². The monoisotopic (exact) mass is 224 g/mol. The van der Waals surface area contributed by atoms with Crippen molar-refractivity contribution in [1.29, 1.82) is 0 Å². The number of hydrogen-bond donors (Lipinski definition) is 0. The van der Waals surface area contributed by atoms with Gasteiger partial charge in [-0.3, -0.25) is 0 Å². The zero-order chi connectivity index (χ0) is 11.3. The van der Waals surface area contributed by atoms with Crippen LogP contribution in [0.25, 0.3) is 6.08 Å². The number of benzene rings is 1. The molecule has 80 valence electrons. The van der Waals surface area contributed by atoms with Crippen molar-refractivity contribution in [2.24, 2.45) is 0 Å². The van der Waals surface area contributed by atoms with Crippen LogP contribution in [0.1, 0.15) is 12.0 Å². The SMILES string of the molecule is CS(=O)(=O)c1ccccc1C=CCC=O.